The third kappa shape index (κ3) is 5.79. The molecule has 4 nitrogen and oxygen atoms in total. The molecule has 1 rings (SSSR count). The molecule has 19 heavy (non-hydrogen) atoms. The molecule has 0 saturated carbocycles. The highest BCUT2D eigenvalue weighted by atomic mass is 32.2. The van der Waals surface area contributed by atoms with Crippen molar-refractivity contribution in [1.29, 1.82) is 0 Å². The second-order valence-electron chi connectivity index (χ2n) is 3.90. The van der Waals surface area contributed by atoms with E-state index in [0.29, 0.717) is 12.2 Å². The van der Waals surface area contributed by atoms with Crippen LogP contribution < -0.4 is 0 Å². The van der Waals surface area contributed by atoms with Crippen LogP contribution in [0.3, 0.4) is 0 Å². The summed E-state index contributed by atoms with van der Waals surface area (Å²) in [6, 6.07) is 7.76. The zero-order chi connectivity index (χ0) is 14.1. The van der Waals surface area contributed by atoms with Gasteiger partial charge in [-0.1, -0.05) is 24.3 Å². The van der Waals surface area contributed by atoms with Crippen molar-refractivity contribution in [1.82, 2.24) is 0 Å². The van der Waals surface area contributed by atoms with Crippen molar-refractivity contribution < 1.29 is 19.1 Å². The van der Waals surface area contributed by atoms with Crippen LogP contribution in [0.25, 0.3) is 0 Å². The van der Waals surface area contributed by atoms with Crippen molar-refractivity contribution in [2.24, 2.45) is 0 Å². The second-order valence-corrected chi connectivity index (χ2v) is 5.01. The van der Waals surface area contributed by atoms with Crippen LogP contribution in [0.4, 0.5) is 0 Å². The van der Waals surface area contributed by atoms with Gasteiger partial charge in [-0.15, -0.1) is 0 Å². The van der Waals surface area contributed by atoms with Crippen molar-refractivity contribution in [2.75, 3.05) is 20.0 Å². The number of thioether (sulfide) groups is 1. The van der Waals surface area contributed by atoms with Gasteiger partial charge in [0.05, 0.1) is 27.1 Å². The van der Waals surface area contributed by atoms with E-state index in [1.54, 1.807) is 11.8 Å². The fourth-order valence-electron chi connectivity index (χ4n) is 1.54. The Morgan fingerprint density at radius 1 is 1.05 bits per heavy atom. The molecule has 0 unspecified atom stereocenters. The van der Waals surface area contributed by atoms with Gasteiger partial charge < -0.3 is 9.47 Å². The maximum absolute atomic E-state index is 11.3. The topological polar surface area (TPSA) is 52.6 Å². The van der Waals surface area contributed by atoms with E-state index in [2.05, 4.69) is 9.47 Å². The molecule has 0 saturated heterocycles. The minimum Gasteiger partial charge on any atom is -0.469 e. The van der Waals surface area contributed by atoms with Crippen LogP contribution in [0.5, 0.6) is 0 Å². The SMILES string of the molecule is COC(=O)CCSCc1ccccc1CC(=O)OC. The van der Waals surface area contributed by atoms with Gasteiger partial charge >= 0.3 is 11.9 Å². The van der Waals surface area contributed by atoms with Crippen LogP contribution in [-0.2, 0) is 31.2 Å². The molecule has 104 valence electrons. The lowest BCUT2D eigenvalue weighted by Crippen LogP contribution is -2.06. The van der Waals surface area contributed by atoms with Gasteiger partial charge in [0.25, 0.3) is 0 Å². The third-order valence-electron chi connectivity index (χ3n) is 2.62. The van der Waals surface area contributed by atoms with E-state index < -0.39 is 0 Å². The molecule has 0 aliphatic rings. The number of ether oxygens (including phenoxy) is 2. The van der Waals surface area contributed by atoms with E-state index in [0.717, 1.165) is 16.9 Å². The Hall–Kier alpha value is -1.49. The van der Waals surface area contributed by atoms with E-state index in [-0.39, 0.29) is 18.4 Å². The Labute approximate surface area is 117 Å². The average molecular weight is 282 g/mol. The molecule has 0 fully saturated rings. The second kappa shape index (κ2) is 8.58. The van der Waals surface area contributed by atoms with Gasteiger partial charge in [0.2, 0.25) is 0 Å². The van der Waals surface area contributed by atoms with E-state index in [9.17, 15) is 9.59 Å². The molecule has 0 aliphatic heterocycles. The van der Waals surface area contributed by atoms with Crippen molar-refractivity contribution in [3.05, 3.63) is 35.4 Å². The molecule has 0 radical (unpaired) electrons. The standard InChI is InChI=1S/C14H18O4S/c1-17-13(15)7-8-19-10-12-6-4-3-5-11(12)9-14(16)18-2/h3-6H,7-10H2,1-2H3. The molecular formula is C14H18O4S. The third-order valence-corrected chi connectivity index (χ3v) is 3.62. The number of rotatable bonds is 7. The maximum Gasteiger partial charge on any atom is 0.309 e. The molecule has 0 amide bonds. The summed E-state index contributed by atoms with van der Waals surface area (Å²) in [5.74, 6) is 1.03. The van der Waals surface area contributed by atoms with Gasteiger partial charge in [0.15, 0.2) is 0 Å². The Bertz CT molecular complexity index is 431. The Kier molecular flexibility index (Phi) is 7.03. The lowest BCUT2D eigenvalue weighted by Gasteiger charge is -2.08. The first-order chi connectivity index (χ1) is 9.17. The van der Waals surface area contributed by atoms with Gasteiger partial charge in [0.1, 0.15) is 0 Å². The van der Waals surface area contributed by atoms with E-state index >= 15 is 0 Å². The Balaban J connectivity index is 2.48. The fourth-order valence-corrected chi connectivity index (χ4v) is 2.49. The summed E-state index contributed by atoms with van der Waals surface area (Å²) < 4.78 is 9.25. The number of carbonyl (C=O) groups is 2. The molecule has 1 aromatic rings. The number of benzene rings is 1. The Morgan fingerprint density at radius 3 is 2.32 bits per heavy atom. The monoisotopic (exact) mass is 282 g/mol. The smallest absolute Gasteiger partial charge is 0.309 e. The number of hydrogen-bond acceptors (Lipinski definition) is 5. The van der Waals surface area contributed by atoms with Gasteiger partial charge in [-0.3, -0.25) is 9.59 Å². The molecule has 1 aromatic carbocycles. The Morgan fingerprint density at radius 2 is 1.68 bits per heavy atom. The van der Waals surface area contributed by atoms with E-state index in [1.165, 1.54) is 14.2 Å². The van der Waals surface area contributed by atoms with Crippen molar-refractivity contribution in [2.45, 2.75) is 18.6 Å². The predicted octanol–water partition coefficient (Wildman–Crippen LogP) is 2.20. The van der Waals surface area contributed by atoms with Gasteiger partial charge in [0, 0.05) is 11.5 Å². The lowest BCUT2D eigenvalue weighted by molar-refractivity contribution is -0.140. The zero-order valence-corrected chi connectivity index (χ0v) is 12.0. The molecule has 0 bridgehead atoms. The van der Waals surface area contributed by atoms with Crippen LogP contribution >= 0.6 is 11.8 Å². The van der Waals surface area contributed by atoms with Crippen LogP contribution in [-0.4, -0.2) is 31.9 Å². The van der Waals surface area contributed by atoms with E-state index in [1.807, 2.05) is 24.3 Å². The maximum atomic E-state index is 11.3. The van der Waals surface area contributed by atoms with Crippen LogP contribution in [0.15, 0.2) is 24.3 Å². The molecule has 0 N–H and O–H groups in total. The highest BCUT2D eigenvalue weighted by Crippen LogP contribution is 2.18. The number of carbonyl (C=O) groups excluding carboxylic acids is 2. The number of hydrogen-bond donors (Lipinski definition) is 0. The quantitative estimate of drug-likeness (QED) is 0.567. The molecule has 0 atom stereocenters. The van der Waals surface area contributed by atoms with E-state index in [4.69, 9.17) is 0 Å². The molecule has 0 spiro atoms. The summed E-state index contributed by atoms with van der Waals surface area (Å²) in [5.41, 5.74) is 2.07. The van der Waals surface area contributed by atoms with Gasteiger partial charge in [-0.05, 0) is 11.1 Å². The largest absolute Gasteiger partial charge is 0.469 e. The molecule has 0 aromatic heterocycles. The first-order valence-electron chi connectivity index (χ1n) is 5.95. The van der Waals surface area contributed by atoms with Crippen LogP contribution in [0, 0.1) is 0 Å². The summed E-state index contributed by atoms with van der Waals surface area (Å²) in [6.45, 7) is 0. The van der Waals surface area contributed by atoms with Crippen molar-refractivity contribution in [3.63, 3.8) is 0 Å². The molecule has 5 heteroatoms. The van der Waals surface area contributed by atoms with Gasteiger partial charge in [-0.2, -0.15) is 11.8 Å². The minimum absolute atomic E-state index is 0.199. The minimum atomic E-state index is -0.244. The molecule has 0 heterocycles. The fraction of sp³-hybridized carbons (Fsp3) is 0.429. The van der Waals surface area contributed by atoms with Gasteiger partial charge in [-0.25, -0.2) is 0 Å². The summed E-state index contributed by atoms with van der Waals surface area (Å²) >= 11 is 1.65. The first kappa shape index (κ1) is 15.6. The number of methoxy groups -OCH3 is 2. The number of esters is 2. The summed E-state index contributed by atoms with van der Waals surface area (Å²) in [4.78, 5) is 22.3. The summed E-state index contributed by atoms with van der Waals surface area (Å²) in [7, 11) is 2.77. The predicted molar refractivity (Wildman–Crippen MR) is 75.0 cm³/mol. The average Bonchev–Trinajstić information content (AvgIpc) is 2.44. The summed E-state index contributed by atoms with van der Waals surface area (Å²) in [5, 5.41) is 0. The highest BCUT2D eigenvalue weighted by Gasteiger charge is 2.08. The molecular weight excluding hydrogens is 264 g/mol. The molecule has 0 aliphatic carbocycles. The summed E-state index contributed by atoms with van der Waals surface area (Å²) in [6.07, 6.45) is 0.685. The lowest BCUT2D eigenvalue weighted by atomic mass is 10.1. The van der Waals surface area contributed by atoms with Crippen molar-refractivity contribution >= 4 is 23.7 Å². The van der Waals surface area contributed by atoms with Crippen LogP contribution in [0.2, 0.25) is 0 Å². The van der Waals surface area contributed by atoms with Crippen molar-refractivity contribution in [3.8, 4) is 0 Å². The van der Waals surface area contributed by atoms with Crippen LogP contribution in [0.1, 0.15) is 17.5 Å². The highest BCUT2D eigenvalue weighted by molar-refractivity contribution is 7.98. The normalized spacial score (nSPS) is 10.0. The zero-order valence-electron chi connectivity index (χ0n) is 11.2. The first-order valence-corrected chi connectivity index (χ1v) is 7.11.